The summed E-state index contributed by atoms with van der Waals surface area (Å²) in [5.41, 5.74) is 18.9. The van der Waals surface area contributed by atoms with E-state index in [2.05, 4.69) is 30.9 Å². The number of unbranched alkanes of at least 4 members (excludes halogenated alkanes) is 1. The number of nitrogens with zero attached hydrogens (tertiary/aromatic N) is 1. The number of carbonyl (C=O) groups excluding carboxylic acids is 4. The fraction of sp³-hybridized carbons (Fsp3) is 0.407. The predicted molar refractivity (Wildman–Crippen MR) is 152 cm³/mol. The summed E-state index contributed by atoms with van der Waals surface area (Å²) in [6.07, 6.45) is 5.29. The van der Waals surface area contributed by atoms with Crippen molar-refractivity contribution in [2.45, 2.75) is 62.7 Å². The van der Waals surface area contributed by atoms with E-state index in [9.17, 15) is 29.1 Å². The average molecular weight is 584 g/mol. The highest BCUT2D eigenvalue weighted by Crippen LogP contribution is 2.19. The number of primary amides is 1. The minimum atomic E-state index is -1.44. The number of rotatable bonds is 17. The number of nitrogens with two attached hydrogens (primary N) is 3. The molecule has 0 saturated heterocycles. The lowest BCUT2D eigenvalue weighted by atomic mass is 10.0. The molecular weight excluding hydrogens is 546 g/mol. The first-order valence-electron chi connectivity index (χ1n) is 13.5. The minimum absolute atomic E-state index is 0.0205. The lowest BCUT2D eigenvalue weighted by Crippen LogP contribution is -2.58. The standard InChI is InChI=1S/C27H37N9O6/c28-8-4-3-7-20(27(41)42)34-25(39)21(9-15-12-32-19-6-2-1-5-17(15)19)36-26(40)22(11-23(30)37)35-24(38)18(29)10-16-13-31-14-33-16/h1-2,5-6,12-14,18,20-22,32H,3-4,7-11,28-29H2,(H2,30,37)(H,31,33)(H,34,39)(H,35,38)(H,36,40)(H,41,42). The third-order valence-electron chi connectivity index (χ3n) is 6.66. The van der Waals surface area contributed by atoms with E-state index in [1.54, 1.807) is 6.20 Å². The number of aromatic amines is 2. The Hall–Kier alpha value is -4.76. The van der Waals surface area contributed by atoms with Gasteiger partial charge in [0, 0.05) is 41.8 Å². The lowest BCUT2D eigenvalue weighted by Gasteiger charge is -2.25. The Morgan fingerprint density at radius 1 is 0.905 bits per heavy atom. The Kier molecular flexibility index (Phi) is 11.6. The zero-order chi connectivity index (χ0) is 30.6. The van der Waals surface area contributed by atoms with Crippen LogP contribution in [0.1, 0.15) is 36.9 Å². The fourth-order valence-corrected chi connectivity index (χ4v) is 4.44. The summed E-state index contributed by atoms with van der Waals surface area (Å²) in [6, 6.07) is 2.33. The van der Waals surface area contributed by atoms with Gasteiger partial charge in [0.1, 0.15) is 18.1 Å². The molecule has 12 N–H and O–H groups in total. The smallest absolute Gasteiger partial charge is 0.326 e. The van der Waals surface area contributed by atoms with Crippen LogP contribution in [-0.2, 0) is 36.8 Å². The van der Waals surface area contributed by atoms with E-state index >= 15 is 0 Å². The van der Waals surface area contributed by atoms with Crippen LogP contribution in [0.15, 0.2) is 43.0 Å². The van der Waals surface area contributed by atoms with Crippen LogP contribution in [0, 0.1) is 0 Å². The molecule has 0 aliphatic rings. The van der Waals surface area contributed by atoms with Crippen molar-refractivity contribution < 1.29 is 29.1 Å². The molecule has 3 aromatic rings. The maximum absolute atomic E-state index is 13.4. The number of amides is 4. The number of hydrogen-bond donors (Lipinski definition) is 9. The van der Waals surface area contributed by atoms with Crippen molar-refractivity contribution in [3.63, 3.8) is 0 Å². The van der Waals surface area contributed by atoms with Crippen molar-refractivity contribution in [1.82, 2.24) is 30.9 Å². The molecule has 2 heterocycles. The van der Waals surface area contributed by atoms with E-state index in [0.717, 1.165) is 10.9 Å². The van der Waals surface area contributed by atoms with Gasteiger partial charge in [0.2, 0.25) is 23.6 Å². The SMILES string of the molecule is NCCCCC(NC(=O)C(Cc1c[nH]c2ccccc12)NC(=O)C(CC(N)=O)NC(=O)C(N)Cc1cnc[nH]1)C(=O)O. The van der Waals surface area contributed by atoms with Crippen LogP contribution >= 0.6 is 0 Å². The number of carboxylic acid groups (broad SMARTS) is 1. The molecule has 0 spiro atoms. The van der Waals surface area contributed by atoms with Crippen molar-refractivity contribution >= 4 is 40.5 Å². The molecule has 0 radical (unpaired) electrons. The molecular formula is C27H37N9O6. The van der Waals surface area contributed by atoms with E-state index in [0.29, 0.717) is 30.6 Å². The molecule has 15 nitrogen and oxygen atoms in total. The highest BCUT2D eigenvalue weighted by Gasteiger charge is 2.31. The van der Waals surface area contributed by atoms with Crippen LogP contribution in [0.25, 0.3) is 10.9 Å². The van der Waals surface area contributed by atoms with Crippen molar-refractivity contribution in [3.8, 4) is 0 Å². The minimum Gasteiger partial charge on any atom is -0.480 e. The van der Waals surface area contributed by atoms with Gasteiger partial charge in [0.25, 0.3) is 0 Å². The third kappa shape index (κ3) is 9.14. The van der Waals surface area contributed by atoms with Crippen LogP contribution in [0.5, 0.6) is 0 Å². The Morgan fingerprint density at radius 2 is 1.60 bits per heavy atom. The van der Waals surface area contributed by atoms with E-state index in [4.69, 9.17) is 17.2 Å². The van der Waals surface area contributed by atoms with Gasteiger partial charge in [-0.2, -0.15) is 0 Å². The van der Waals surface area contributed by atoms with Crippen LogP contribution in [0.2, 0.25) is 0 Å². The van der Waals surface area contributed by atoms with Gasteiger partial charge in [0.05, 0.1) is 18.8 Å². The van der Waals surface area contributed by atoms with E-state index < -0.39 is 60.2 Å². The monoisotopic (exact) mass is 583 g/mol. The zero-order valence-electron chi connectivity index (χ0n) is 23.0. The summed E-state index contributed by atoms with van der Waals surface area (Å²) in [4.78, 5) is 73.0. The first-order valence-corrected chi connectivity index (χ1v) is 13.5. The normalized spacial score (nSPS) is 14.0. The number of benzene rings is 1. The molecule has 2 aromatic heterocycles. The summed E-state index contributed by atoms with van der Waals surface area (Å²) in [5.74, 6) is -4.46. The zero-order valence-corrected chi connectivity index (χ0v) is 23.0. The van der Waals surface area contributed by atoms with Gasteiger partial charge in [-0.15, -0.1) is 0 Å². The maximum atomic E-state index is 13.4. The summed E-state index contributed by atoms with van der Waals surface area (Å²) in [7, 11) is 0. The van der Waals surface area contributed by atoms with Crippen molar-refractivity contribution in [3.05, 3.63) is 54.2 Å². The van der Waals surface area contributed by atoms with Crippen LogP contribution < -0.4 is 33.2 Å². The number of hydrogen-bond acceptors (Lipinski definition) is 8. The third-order valence-corrected chi connectivity index (χ3v) is 6.66. The topological polar surface area (TPSA) is 264 Å². The Bertz CT molecular complexity index is 1370. The summed E-state index contributed by atoms with van der Waals surface area (Å²) < 4.78 is 0. The summed E-state index contributed by atoms with van der Waals surface area (Å²) in [6.45, 7) is 0.373. The molecule has 0 fully saturated rings. The van der Waals surface area contributed by atoms with Crippen molar-refractivity contribution in [2.75, 3.05) is 6.54 Å². The second kappa shape index (κ2) is 15.3. The maximum Gasteiger partial charge on any atom is 0.326 e. The first kappa shape index (κ1) is 31.8. The Balaban J connectivity index is 1.81. The van der Waals surface area contributed by atoms with Crippen molar-refractivity contribution in [2.24, 2.45) is 17.2 Å². The van der Waals surface area contributed by atoms with Gasteiger partial charge in [-0.05, 0) is 37.4 Å². The molecule has 4 atom stereocenters. The number of para-hydroxylation sites is 1. The van der Waals surface area contributed by atoms with Gasteiger partial charge >= 0.3 is 5.97 Å². The van der Waals surface area contributed by atoms with E-state index in [1.807, 2.05) is 24.3 Å². The second-order valence-corrected chi connectivity index (χ2v) is 9.93. The molecule has 42 heavy (non-hydrogen) atoms. The molecule has 0 saturated carbocycles. The molecule has 1 aromatic carbocycles. The summed E-state index contributed by atoms with van der Waals surface area (Å²) >= 11 is 0. The molecule has 4 amide bonds. The van der Waals surface area contributed by atoms with Gasteiger partial charge in [-0.25, -0.2) is 9.78 Å². The predicted octanol–water partition coefficient (Wildman–Crippen LogP) is -1.45. The number of fused-ring (bicyclic) bond motifs is 1. The number of imidazole rings is 1. The number of carbonyl (C=O) groups is 5. The molecule has 4 unspecified atom stereocenters. The van der Waals surface area contributed by atoms with Crippen LogP contribution in [-0.4, -0.2) is 80.4 Å². The Morgan fingerprint density at radius 3 is 2.26 bits per heavy atom. The van der Waals surface area contributed by atoms with Crippen molar-refractivity contribution in [1.29, 1.82) is 0 Å². The second-order valence-electron chi connectivity index (χ2n) is 9.93. The van der Waals surface area contributed by atoms with Gasteiger partial charge in [0.15, 0.2) is 0 Å². The molecule has 0 aliphatic heterocycles. The molecule has 3 rings (SSSR count). The number of nitrogens with one attached hydrogen (secondary N) is 5. The van der Waals surface area contributed by atoms with Gasteiger partial charge in [-0.1, -0.05) is 18.2 Å². The van der Waals surface area contributed by atoms with Gasteiger partial charge < -0.3 is 48.2 Å². The molecule has 226 valence electrons. The molecule has 0 bridgehead atoms. The van der Waals surface area contributed by atoms with Crippen LogP contribution in [0.4, 0.5) is 0 Å². The number of aromatic nitrogens is 3. The fourth-order valence-electron chi connectivity index (χ4n) is 4.44. The summed E-state index contributed by atoms with van der Waals surface area (Å²) in [5, 5.41) is 18.0. The van der Waals surface area contributed by atoms with Crippen LogP contribution in [0.3, 0.4) is 0 Å². The quantitative estimate of drug-likeness (QED) is 0.0840. The van der Waals surface area contributed by atoms with E-state index in [1.165, 1.54) is 12.5 Å². The molecule has 15 heteroatoms. The average Bonchev–Trinajstić information content (AvgIpc) is 3.61. The highest BCUT2D eigenvalue weighted by atomic mass is 16.4. The van der Waals surface area contributed by atoms with Gasteiger partial charge in [-0.3, -0.25) is 19.2 Å². The number of H-pyrrole nitrogens is 2. The Labute approximate surface area is 241 Å². The number of aliphatic carboxylic acids is 1. The highest BCUT2D eigenvalue weighted by molar-refractivity contribution is 5.96. The lowest BCUT2D eigenvalue weighted by molar-refractivity contribution is -0.142. The first-order chi connectivity index (χ1) is 20.1. The molecule has 0 aliphatic carbocycles. The largest absolute Gasteiger partial charge is 0.480 e. The number of carboxylic acids is 1. The van der Waals surface area contributed by atoms with E-state index in [-0.39, 0.29) is 19.3 Å².